The van der Waals surface area contributed by atoms with Gasteiger partial charge < -0.3 is 10.4 Å². The van der Waals surface area contributed by atoms with Crippen LogP contribution in [0.5, 0.6) is 0 Å². The van der Waals surface area contributed by atoms with Crippen LogP contribution in [0.3, 0.4) is 0 Å². The maximum atomic E-state index is 9.69. The van der Waals surface area contributed by atoms with E-state index in [1.807, 2.05) is 17.9 Å². The maximum Gasteiger partial charge on any atom is 0.0564 e. The first-order chi connectivity index (χ1) is 12.2. The van der Waals surface area contributed by atoms with E-state index in [0.29, 0.717) is 6.04 Å². The van der Waals surface area contributed by atoms with E-state index >= 15 is 0 Å². The molecular weight excluding hydrogens is 312 g/mol. The molecule has 0 aliphatic carbocycles. The van der Waals surface area contributed by atoms with E-state index in [2.05, 4.69) is 52.7 Å². The zero-order valence-electron chi connectivity index (χ0n) is 15.4. The number of hydrogen-bond donors (Lipinski definition) is 2. The second-order valence-corrected chi connectivity index (χ2v) is 7.07. The summed E-state index contributed by atoms with van der Waals surface area (Å²) in [6.07, 6.45) is 6.74. The fourth-order valence-electron chi connectivity index (χ4n) is 3.55. The first kappa shape index (κ1) is 18.1. The number of benzene rings is 1. The predicted octanol–water partition coefficient (Wildman–Crippen LogP) is 2.62. The molecule has 3 rings (SSSR count). The van der Waals surface area contributed by atoms with Crippen LogP contribution in [0.1, 0.15) is 48.9 Å². The van der Waals surface area contributed by atoms with Gasteiger partial charge in [-0.15, -0.1) is 0 Å². The van der Waals surface area contributed by atoms with Crippen molar-refractivity contribution in [1.82, 2.24) is 20.0 Å². The third-order valence-corrected chi connectivity index (χ3v) is 5.14. The fraction of sp³-hybridized carbons (Fsp3) is 0.550. The van der Waals surface area contributed by atoms with Crippen molar-refractivity contribution in [3.8, 4) is 0 Å². The largest absolute Gasteiger partial charge is 0.393 e. The van der Waals surface area contributed by atoms with Crippen LogP contribution in [-0.4, -0.2) is 39.0 Å². The van der Waals surface area contributed by atoms with Gasteiger partial charge in [0, 0.05) is 51.0 Å². The Labute approximate surface area is 150 Å². The third kappa shape index (κ3) is 4.91. The van der Waals surface area contributed by atoms with Crippen molar-refractivity contribution < 1.29 is 5.11 Å². The zero-order valence-corrected chi connectivity index (χ0v) is 15.4. The van der Waals surface area contributed by atoms with E-state index in [1.54, 1.807) is 0 Å². The molecule has 2 N–H and O–H groups in total. The Balaban J connectivity index is 1.62. The quantitative estimate of drug-likeness (QED) is 0.812. The number of rotatable bonds is 7. The van der Waals surface area contributed by atoms with Crippen LogP contribution in [0.25, 0.3) is 0 Å². The summed E-state index contributed by atoms with van der Waals surface area (Å²) in [5.41, 5.74) is 3.98. The zero-order chi connectivity index (χ0) is 17.6. The molecule has 1 atom stereocenters. The summed E-state index contributed by atoms with van der Waals surface area (Å²) < 4.78 is 1.86. The van der Waals surface area contributed by atoms with Gasteiger partial charge in [0.05, 0.1) is 12.3 Å². The molecule has 0 radical (unpaired) electrons. The fourth-order valence-corrected chi connectivity index (χ4v) is 3.55. The van der Waals surface area contributed by atoms with Crippen molar-refractivity contribution in [2.24, 2.45) is 7.05 Å². The van der Waals surface area contributed by atoms with Crippen LogP contribution in [0.4, 0.5) is 0 Å². The highest BCUT2D eigenvalue weighted by Gasteiger charge is 2.18. The number of nitrogens with zero attached hydrogens (tertiary/aromatic N) is 3. The molecule has 1 aliphatic rings. The number of aliphatic hydroxyl groups is 1. The molecule has 5 nitrogen and oxygen atoms in total. The van der Waals surface area contributed by atoms with Crippen molar-refractivity contribution in [1.29, 1.82) is 0 Å². The van der Waals surface area contributed by atoms with Crippen LogP contribution >= 0.6 is 0 Å². The molecule has 1 fully saturated rings. The highest BCUT2D eigenvalue weighted by molar-refractivity contribution is 5.27. The molecule has 1 aromatic carbocycles. The van der Waals surface area contributed by atoms with Crippen LogP contribution in [0, 0.1) is 0 Å². The van der Waals surface area contributed by atoms with Crippen LogP contribution < -0.4 is 5.32 Å². The number of aryl methyl sites for hydroxylation is 1. The normalized spacial score (nSPS) is 17.7. The van der Waals surface area contributed by atoms with E-state index in [1.165, 1.54) is 16.7 Å². The van der Waals surface area contributed by atoms with Gasteiger partial charge in [-0.25, -0.2) is 0 Å². The summed E-state index contributed by atoms with van der Waals surface area (Å²) in [6.45, 7) is 6.00. The summed E-state index contributed by atoms with van der Waals surface area (Å²) in [5.74, 6) is 0. The summed E-state index contributed by atoms with van der Waals surface area (Å²) in [4.78, 5) is 2.45. The Bertz CT molecular complexity index is 661. The molecule has 136 valence electrons. The van der Waals surface area contributed by atoms with Crippen LogP contribution in [-0.2, 0) is 20.1 Å². The number of nitrogens with one attached hydrogen (secondary N) is 1. The van der Waals surface area contributed by atoms with Gasteiger partial charge in [-0.2, -0.15) is 5.10 Å². The number of hydrogen-bond acceptors (Lipinski definition) is 4. The van der Waals surface area contributed by atoms with Crippen molar-refractivity contribution >= 4 is 0 Å². The van der Waals surface area contributed by atoms with Crippen molar-refractivity contribution in [3.05, 3.63) is 53.3 Å². The molecule has 1 saturated heterocycles. The summed E-state index contributed by atoms with van der Waals surface area (Å²) in [6, 6.07) is 9.01. The second-order valence-electron chi connectivity index (χ2n) is 7.07. The SMILES string of the molecule is CCC(NCc1ccccc1CN1CCC(O)CC1)c1cnn(C)c1. The highest BCUT2D eigenvalue weighted by atomic mass is 16.3. The Morgan fingerprint density at radius 2 is 1.96 bits per heavy atom. The van der Waals surface area contributed by atoms with Crippen molar-refractivity contribution in [2.45, 2.75) is 51.4 Å². The molecule has 0 amide bonds. The molecule has 1 unspecified atom stereocenters. The minimum absolute atomic E-state index is 0.113. The lowest BCUT2D eigenvalue weighted by molar-refractivity contribution is 0.0791. The number of likely N-dealkylation sites (tertiary alicyclic amines) is 1. The summed E-state index contributed by atoms with van der Waals surface area (Å²) >= 11 is 0. The topological polar surface area (TPSA) is 53.3 Å². The minimum Gasteiger partial charge on any atom is -0.393 e. The molecule has 25 heavy (non-hydrogen) atoms. The Hall–Kier alpha value is -1.69. The Morgan fingerprint density at radius 1 is 1.24 bits per heavy atom. The molecule has 5 heteroatoms. The lowest BCUT2D eigenvalue weighted by Gasteiger charge is -2.30. The van der Waals surface area contributed by atoms with Gasteiger partial charge in [-0.3, -0.25) is 9.58 Å². The molecule has 0 saturated carbocycles. The van der Waals surface area contributed by atoms with Gasteiger partial charge in [0.2, 0.25) is 0 Å². The van der Waals surface area contributed by atoms with E-state index in [4.69, 9.17) is 0 Å². The van der Waals surface area contributed by atoms with Gasteiger partial charge >= 0.3 is 0 Å². The molecule has 0 bridgehead atoms. The average Bonchev–Trinajstić information content (AvgIpc) is 3.05. The number of piperidine rings is 1. The van der Waals surface area contributed by atoms with Crippen LogP contribution in [0.2, 0.25) is 0 Å². The highest BCUT2D eigenvalue weighted by Crippen LogP contribution is 2.19. The average molecular weight is 342 g/mol. The van der Waals surface area contributed by atoms with E-state index in [9.17, 15) is 5.11 Å². The molecule has 2 aromatic rings. The molecule has 1 aromatic heterocycles. The standard InChI is InChI=1S/C20H30N4O/c1-3-20(18-13-22-23(2)14-18)21-12-16-6-4-5-7-17(16)15-24-10-8-19(25)9-11-24/h4-7,13-14,19-21,25H,3,8-12,15H2,1-2H3. The lowest BCUT2D eigenvalue weighted by Crippen LogP contribution is -2.35. The minimum atomic E-state index is -0.113. The van der Waals surface area contributed by atoms with Gasteiger partial charge in [-0.05, 0) is 30.4 Å². The van der Waals surface area contributed by atoms with E-state index in [-0.39, 0.29) is 6.10 Å². The van der Waals surface area contributed by atoms with Gasteiger partial charge in [0.1, 0.15) is 0 Å². The molecular formula is C20H30N4O. The lowest BCUT2D eigenvalue weighted by atomic mass is 10.0. The first-order valence-corrected chi connectivity index (χ1v) is 9.35. The smallest absolute Gasteiger partial charge is 0.0564 e. The van der Waals surface area contributed by atoms with E-state index < -0.39 is 0 Å². The van der Waals surface area contributed by atoms with Crippen molar-refractivity contribution in [2.75, 3.05) is 13.1 Å². The number of aliphatic hydroxyl groups excluding tert-OH is 1. The Kier molecular flexibility index (Phi) is 6.24. The van der Waals surface area contributed by atoms with Crippen LogP contribution in [0.15, 0.2) is 36.7 Å². The predicted molar refractivity (Wildman–Crippen MR) is 100 cm³/mol. The number of aromatic nitrogens is 2. The Morgan fingerprint density at radius 3 is 2.60 bits per heavy atom. The third-order valence-electron chi connectivity index (χ3n) is 5.14. The van der Waals surface area contributed by atoms with Gasteiger partial charge in [-0.1, -0.05) is 31.2 Å². The monoisotopic (exact) mass is 342 g/mol. The van der Waals surface area contributed by atoms with E-state index in [0.717, 1.165) is 45.4 Å². The first-order valence-electron chi connectivity index (χ1n) is 9.35. The molecule has 1 aliphatic heterocycles. The van der Waals surface area contributed by atoms with Crippen molar-refractivity contribution in [3.63, 3.8) is 0 Å². The molecule has 2 heterocycles. The molecule has 0 spiro atoms. The maximum absolute atomic E-state index is 9.69. The summed E-state index contributed by atoms with van der Waals surface area (Å²) in [7, 11) is 1.96. The van der Waals surface area contributed by atoms with Gasteiger partial charge in [0.15, 0.2) is 0 Å². The second kappa shape index (κ2) is 8.61. The van der Waals surface area contributed by atoms with Gasteiger partial charge in [0.25, 0.3) is 0 Å². The summed E-state index contributed by atoms with van der Waals surface area (Å²) in [5, 5.41) is 17.7.